The number of aryl methyl sites for hydroxylation is 1. The quantitative estimate of drug-likeness (QED) is 0.394. The Labute approximate surface area is 188 Å². The molecule has 6 rings (SSSR count). The summed E-state index contributed by atoms with van der Waals surface area (Å²) in [6.45, 7) is 3.14. The summed E-state index contributed by atoms with van der Waals surface area (Å²) in [5, 5.41) is 14.9. The van der Waals surface area contributed by atoms with E-state index in [0.717, 1.165) is 22.7 Å². The summed E-state index contributed by atoms with van der Waals surface area (Å²) in [7, 11) is 0. The van der Waals surface area contributed by atoms with Crippen molar-refractivity contribution in [3.8, 4) is 11.4 Å². The van der Waals surface area contributed by atoms with E-state index in [1.54, 1.807) is 17.0 Å². The van der Waals surface area contributed by atoms with Gasteiger partial charge >= 0.3 is 0 Å². The van der Waals surface area contributed by atoms with Gasteiger partial charge in [0.2, 0.25) is 5.95 Å². The van der Waals surface area contributed by atoms with E-state index in [9.17, 15) is 4.79 Å². The van der Waals surface area contributed by atoms with Crippen LogP contribution in [0.2, 0.25) is 0 Å². The molecule has 0 amide bonds. The monoisotopic (exact) mass is 439 g/mol. The van der Waals surface area contributed by atoms with Gasteiger partial charge in [0, 0.05) is 12.4 Å². The topological polar surface area (TPSA) is 110 Å². The first-order chi connectivity index (χ1) is 16.2. The lowest BCUT2D eigenvalue weighted by atomic mass is 10.1. The highest BCUT2D eigenvalue weighted by Crippen LogP contribution is 2.28. The van der Waals surface area contributed by atoms with Crippen LogP contribution in [0, 0.1) is 6.92 Å². The largest absolute Gasteiger partial charge is 0.485 e. The zero-order valence-corrected chi connectivity index (χ0v) is 17.9. The lowest BCUT2D eigenvalue weighted by Gasteiger charge is -2.27. The third-order valence-corrected chi connectivity index (χ3v) is 5.85. The smallest absolute Gasteiger partial charge is 0.267 e. The van der Waals surface area contributed by atoms with Crippen LogP contribution in [0.25, 0.3) is 27.6 Å². The first-order valence-corrected chi connectivity index (χ1v) is 10.7. The summed E-state index contributed by atoms with van der Waals surface area (Å²) >= 11 is 0. The summed E-state index contributed by atoms with van der Waals surface area (Å²) in [6.07, 6.45) is 3.23. The number of nitrogens with zero attached hydrogens (tertiary/aromatic N) is 4. The van der Waals surface area contributed by atoms with Crippen LogP contribution in [0.15, 0.2) is 65.7 Å². The number of aromatic nitrogens is 5. The molecule has 1 unspecified atom stereocenters. The predicted octanol–water partition coefficient (Wildman–Crippen LogP) is 3.25. The van der Waals surface area contributed by atoms with Gasteiger partial charge in [0.15, 0.2) is 5.65 Å². The maximum absolute atomic E-state index is 13.4. The molecule has 9 heteroatoms. The van der Waals surface area contributed by atoms with E-state index in [4.69, 9.17) is 9.72 Å². The molecule has 5 aromatic rings. The van der Waals surface area contributed by atoms with Crippen LogP contribution in [-0.4, -0.2) is 43.9 Å². The van der Waals surface area contributed by atoms with Crippen molar-refractivity contribution < 1.29 is 4.74 Å². The summed E-state index contributed by atoms with van der Waals surface area (Å²) in [5.74, 6) is 1.24. The van der Waals surface area contributed by atoms with E-state index in [1.165, 1.54) is 0 Å². The number of para-hydroxylation sites is 3. The molecule has 0 radical (unpaired) electrons. The number of pyridine rings is 1. The molecule has 0 spiro atoms. The second kappa shape index (κ2) is 7.63. The number of anilines is 2. The Hall–Kier alpha value is -4.40. The van der Waals surface area contributed by atoms with Gasteiger partial charge in [-0.05, 0) is 30.7 Å². The lowest BCUT2D eigenvalue weighted by molar-refractivity contribution is 0.218. The molecule has 9 nitrogen and oxygen atoms in total. The van der Waals surface area contributed by atoms with Crippen molar-refractivity contribution in [2.75, 3.05) is 23.7 Å². The first kappa shape index (κ1) is 19.3. The number of hydrogen-bond acceptors (Lipinski definition) is 7. The normalized spacial score (nSPS) is 15.1. The van der Waals surface area contributed by atoms with Crippen molar-refractivity contribution >= 4 is 33.6 Å². The summed E-state index contributed by atoms with van der Waals surface area (Å²) in [5.41, 5.74) is 3.61. The van der Waals surface area contributed by atoms with Gasteiger partial charge < -0.3 is 15.4 Å². The third kappa shape index (κ3) is 3.25. The van der Waals surface area contributed by atoms with Crippen molar-refractivity contribution in [2.24, 2.45) is 0 Å². The minimum atomic E-state index is -0.179. The zero-order valence-electron chi connectivity index (χ0n) is 17.9. The van der Waals surface area contributed by atoms with Crippen molar-refractivity contribution in [1.29, 1.82) is 0 Å². The molecule has 3 N–H and O–H groups in total. The molecule has 1 aliphatic heterocycles. The zero-order chi connectivity index (χ0) is 22.4. The fourth-order valence-electron chi connectivity index (χ4n) is 4.19. The first-order valence-electron chi connectivity index (χ1n) is 10.7. The molecular formula is C24H21N7O2. The predicted molar refractivity (Wildman–Crippen MR) is 127 cm³/mol. The van der Waals surface area contributed by atoms with Crippen LogP contribution in [0.1, 0.15) is 5.56 Å². The van der Waals surface area contributed by atoms with E-state index in [2.05, 4.69) is 25.8 Å². The van der Waals surface area contributed by atoms with Gasteiger partial charge in [-0.1, -0.05) is 30.3 Å². The van der Waals surface area contributed by atoms with Crippen LogP contribution in [0.5, 0.6) is 5.75 Å². The average molecular weight is 439 g/mol. The minimum absolute atomic E-state index is 0.0911. The standard InChI is InChI=1S/C24H21N7O2/c1-14-6-2-4-8-19(14)31-22-16(21-17(23(31)32)13-28-30-21)12-27-24(29-22)26-11-15-10-25-18-7-3-5-9-20(18)33-15/h2-9,12-13,15,25H,10-11H2,1H3,(H,28,30)(H,26,27,29). The summed E-state index contributed by atoms with van der Waals surface area (Å²) < 4.78 is 7.70. The molecule has 0 fully saturated rings. The molecule has 1 atom stereocenters. The van der Waals surface area contributed by atoms with Gasteiger partial charge in [0.05, 0.1) is 35.2 Å². The van der Waals surface area contributed by atoms with E-state index in [0.29, 0.717) is 41.0 Å². The van der Waals surface area contributed by atoms with E-state index < -0.39 is 0 Å². The van der Waals surface area contributed by atoms with Crippen LogP contribution >= 0.6 is 0 Å². The average Bonchev–Trinajstić information content (AvgIpc) is 3.34. The lowest BCUT2D eigenvalue weighted by Crippen LogP contribution is -2.36. The maximum Gasteiger partial charge on any atom is 0.267 e. The Kier molecular flexibility index (Phi) is 4.46. The molecular weight excluding hydrogens is 418 g/mol. The molecule has 4 heterocycles. The molecule has 3 aromatic heterocycles. The molecule has 0 saturated heterocycles. The molecule has 2 aromatic carbocycles. The summed E-state index contributed by atoms with van der Waals surface area (Å²) in [4.78, 5) is 22.6. The van der Waals surface area contributed by atoms with Crippen LogP contribution in [-0.2, 0) is 0 Å². The summed E-state index contributed by atoms with van der Waals surface area (Å²) in [6, 6.07) is 15.6. The number of aromatic amines is 1. The van der Waals surface area contributed by atoms with Crippen molar-refractivity contribution in [3.63, 3.8) is 0 Å². The molecule has 0 bridgehead atoms. The van der Waals surface area contributed by atoms with Crippen molar-refractivity contribution in [3.05, 3.63) is 76.8 Å². The minimum Gasteiger partial charge on any atom is -0.485 e. The fourth-order valence-corrected chi connectivity index (χ4v) is 4.19. The second-order valence-electron chi connectivity index (χ2n) is 8.00. The van der Waals surface area contributed by atoms with Crippen LogP contribution < -0.4 is 20.9 Å². The van der Waals surface area contributed by atoms with E-state index >= 15 is 0 Å². The Balaban J connectivity index is 1.39. The van der Waals surface area contributed by atoms with Crippen LogP contribution in [0.3, 0.4) is 0 Å². The second-order valence-corrected chi connectivity index (χ2v) is 8.00. The van der Waals surface area contributed by atoms with Gasteiger partial charge in [-0.15, -0.1) is 0 Å². The molecule has 33 heavy (non-hydrogen) atoms. The maximum atomic E-state index is 13.4. The number of hydrogen-bond donors (Lipinski definition) is 3. The number of fused-ring (bicyclic) bond motifs is 4. The molecule has 164 valence electrons. The van der Waals surface area contributed by atoms with Crippen molar-refractivity contribution in [1.82, 2.24) is 24.7 Å². The molecule has 1 aliphatic rings. The fraction of sp³-hybridized carbons (Fsp3) is 0.167. The SMILES string of the molecule is Cc1ccccc1-n1c(=O)c2c[nH]nc2c2cnc(NCC3CNc4ccccc4O3)nc21. The number of ether oxygens (including phenoxy) is 1. The Morgan fingerprint density at radius 2 is 2.00 bits per heavy atom. The Morgan fingerprint density at radius 1 is 1.15 bits per heavy atom. The van der Waals surface area contributed by atoms with Gasteiger partial charge in [-0.2, -0.15) is 10.1 Å². The third-order valence-electron chi connectivity index (χ3n) is 5.85. The number of rotatable bonds is 4. The van der Waals surface area contributed by atoms with Gasteiger partial charge in [-0.3, -0.25) is 14.5 Å². The highest BCUT2D eigenvalue weighted by molar-refractivity contribution is 6.02. The Morgan fingerprint density at radius 3 is 2.91 bits per heavy atom. The number of nitrogens with one attached hydrogen (secondary N) is 3. The van der Waals surface area contributed by atoms with Crippen molar-refractivity contribution in [2.45, 2.75) is 13.0 Å². The van der Waals surface area contributed by atoms with Gasteiger partial charge in [0.1, 0.15) is 17.4 Å². The van der Waals surface area contributed by atoms with E-state index in [1.807, 2.05) is 55.5 Å². The number of benzene rings is 2. The van der Waals surface area contributed by atoms with E-state index in [-0.39, 0.29) is 11.7 Å². The highest BCUT2D eigenvalue weighted by atomic mass is 16.5. The van der Waals surface area contributed by atoms with Crippen LogP contribution in [0.4, 0.5) is 11.6 Å². The van der Waals surface area contributed by atoms with Gasteiger partial charge in [0.25, 0.3) is 5.56 Å². The highest BCUT2D eigenvalue weighted by Gasteiger charge is 2.20. The number of H-pyrrole nitrogens is 1. The Bertz CT molecular complexity index is 1560. The molecule has 0 aliphatic carbocycles. The van der Waals surface area contributed by atoms with Gasteiger partial charge in [-0.25, -0.2) is 4.98 Å². The molecule has 0 saturated carbocycles.